The van der Waals surface area contributed by atoms with Gasteiger partial charge < -0.3 is 19.5 Å². The average molecular weight is 446 g/mol. The summed E-state index contributed by atoms with van der Waals surface area (Å²) in [4.78, 5) is 24.1. The third kappa shape index (κ3) is 3.43. The Bertz CT molecular complexity index is 1360. The number of methoxy groups -OCH3 is 1. The van der Waals surface area contributed by atoms with E-state index in [9.17, 15) is 4.79 Å². The molecule has 1 saturated carbocycles. The van der Waals surface area contributed by atoms with E-state index in [2.05, 4.69) is 32.0 Å². The summed E-state index contributed by atoms with van der Waals surface area (Å²) in [5.74, 6) is 1.01. The fraction of sp³-hybridized carbons (Fsp3) is 0.417. The largest absolute Gasteiger partial charge is 0.479 e. The summed E-state index contributed by atoms with van der Waals surface area (Å²) in [7, 11) is 1.58. The minimum atomic E-state index is -0.0987. The van der Waals surface area contributed by atoms with E-state index in [4.69, 9.17) is 9.84 Å². The minimum Gasteiger partial charge on any atom is -0.479 e. The molecule has 0 atom stereocenters. The summed E-state index contributed by atoms with van der Waals surface area (Å²) in [6.45, 7) is 5.87. The Kier molecular flexibility index (Phi) is 4.79. The monoisotopic (exact) mass is 445 g/mol. The van der Waals surface area contributed by atoms with Crippen molar-refractivity contribution in [1.82, 2.24) is 34.4 Å². The Morgan fingerprint density at radius 1 is 1.27 bits per heavy atom. The van der Waals surface area contributed by atoms with Crippen molar-refractivity contribution in [2.45, 2.75) is 26.3 Å². The molecule has 1 N–H and O–H groups in total. The Morgan fingerprint density at radius 3 is 2.85 bits per heavy atom. The minimum absolute atomic E-state index is 0.0987. The fourth-order valence-electron chi connectivity index (χ4n) is 4.72. The zero-order valence-electron chi connectivity index (χ0n) is 18.9. The van der Waals surface area contributed by atoms with Gasteiger partial charge in [-0.05, 0) is 43.9 Å². The van der Waals surface area contributed by atoms with Crippen molar-refractivity contribution in [2.75, 3.05) is 33.3 Å². The smallest absolute Gasteiger partial charge is 0.274 e. The van der Waals surface area contributed by atoms with Crippen LogP contribution in [0.1, 0.15) is 28.9 Å². The lowest BCUT2D eigenvalue weighted by atomic mass is 10.1. The Hall–Kier alpha value is -3.46. The van der Waals surface area contributed by atoms with Gasteiger partial charge in [0.1, 0.15) is 16.9 Å². The molecule has 2 fully saturated rings. The highest BCUT2D eigenvalue weighted by Crippen LogP contribution is 2.37. The molecule has 9 heteroatoms. The van der Waals surface area contributed by atoms with Crippen molar-refractivity contribution >= 4 is 22.5 Å². The number of aryl methyl sites for hydroxylation is 1. The van der Waals surface area contributed by atoms with Crippen molar-refractivity contribution in [1.29, 1.82) is 0 Å². The Labute approximate surface area is 191 Å². The van der Waals surface area contributed by atoms with Gasteiger partial charge >= 0.3 is 0 Å². The molecule has 0 spiro atoms. The number of hydrogen-bond donors (Lipinski definition) is 1. The van der Waals surface area contributed by atoms with Gasteiger partial charge in [-0.15, -0.1) is 0 Å². The highest BCUT2D eigenvalue weighted by molar-refractivity contribution is 5.93. The lowest BCUT2D eigenvalue weighted by Crippen LogP contribution is -2.46. The summed E-state index contributed by atoms with van der Waals surface area (Å²) in [5, 5.41) is 9.30. The van der Waals surface area contributed by atoms with Crippen LogP contribution < -0.4 is 10.1 Å². The molecular weight excluding hydrogens is 418 g/mol. The molecule has 5 heterocycles. The van der Waals surface area contributed by atoms with Gasteiger partial charge in [-0.3, -0.25) is 4.79 Å². The molecule has 4 aromatic rings. The number of carbonyl (C=O) groups excluding carboxylic acids is 1. The van der Waals surface area contributed by atoms with Crippen LogP contribution in [-0.2, 0) is 6.54 Å². The molecule has 1 saturated heterocycles. The zero-order valence-corrected chi connectivity index (χ0v) is 18.9. The summed E-state index contributed by atoms with van der Waals surface area (Å²) in [6, 6.07) is 6.21. The van der Waals surface area contributed by atoms with Crippen molar-refractivity contribution < 1.29 is 9.53 Å². The van der Waals surface area contributed by atoms with Crippen molar-refractivity contribution in [2.24, 2.45) is 5.92 Å². The molecule has 9 nitrogen and oxygen atoms in total. The number of carbonyl (C=O) groups is 1. The van der Waals surface area contributed by atoms with Crippen LogP contribution in [0.2, 0.25) is 0 Å². The second kappa shape index (κ2) is 7.84. The molecule has 4 aromatic heterocycles. The van der Waals surface area contributed by atoms with Gasteiger partial charge in [0, 0.05) is 49.9 Å². The topological polar surface area (TPSA) is 89.6 Å². The SMILES string of the molecule is COc1nc(C(=O)N2CCNCC2)cn2nc(-c3cc4cccnc4n3CC3CC3)c(C)c12. The van der Waals surface area contributed by atoms with Crippen LogP contribution in [0, 0.1) is 12.8 Å². The summed E-state index contributed by atoms with van der Waals surface area (Å²) in [5.41, 5.74) is 4.97. The third-order valence-electron chi connectivity index (χ3n) is 6.67. The average Bonchev–Trinajstić information content (AvgIpc) is 3.52. The molecule has 1 aliphatic heterocycles. The molecular formula is C24H27N7O2. The van der Waals surface area contributed by atoms with E-state index >= 15 is 0 Å². The highest BCUT2D eigenvalue weighted by atomic mass is 16.5. The van der Waals surface area contributed by atoms with Crippen LogP contribution in [0.4, 0.5) is 0 Å². The van der Waals surface area contributed by atoms with E-state index < -0.39 is 0 Å². The number of nitrogens with one attached hydrogen (secondary N) is 1. The maximum atomic E-state index is 13.1. The van der Waals surface area contributed by atoms with E-state index in [0.717, 1.165) is 53.1 Å². The first-order valence-electron chi connectivity index (χ1n) is 11.5. The van der Waals surface area contributed by atoms with Crippen LogP contribution >= 0.6 is 0 Å². The molecule has 33 heavy (non-hydrogen) atoms. The van der Waals surface area contributed by atoms with Gasteiger partial charge in [0.05, 0.1) is 19.0 Å². The van der Waals surface area contributed by atoms with E-state index in [0.29, 0.717) is 30.6 Å². The number of nitrogens with zero attached hydrogens (tertiary/aromatic N) is 6. The van der Waals surface area contributed by atoms with Crippen molar-refractivity contribution in [3.63, 3.8) is 0 Å². The van der Waals surface area contributed by atoms with Crippen molar-refractivity contribution in [3.05, 3.63) is 41.9 Å². The number of pyridine rings is 1. The highest BCUT2D eigenvalue weighted by Gasteiger charge is 2.27. The maximum Gasteiger partial charge on any atom is 0.274 e. The number of fused-ring (bicyclic) bond motifs is 2. The predicted molar refractivity (Wildman–Crippen MR) is 125 cm³/mol. The summed E-state index contributed by atoms with van der Waals surface area (Å²) >= 11 is 0. The first kappa shape index (κ1) is 20.2. The number of rotatable bonds is 5. The third-order valence-corrected chi connectivity index (χ3v) is 6.67. The normalized spacial score (nSPS) is 16.6. The molecule has 0 unspecified atom stereocenters. The quantitative estimate of drug-likeness (QED) is 0.508. The second-order valence-corrected chi connectivity index (χ2v) is 8.94. The number of ether oxygens (including phenoxy) is 1. The fourth-order valence-corrected chi connectivity index (χ4v) is 4.72. The number of hydrogen-bond acceptors (Lipinski definition) is 6. The molecule has 170 valence electrons. The Morgan fingerprint density at radius 2 is 2.09 bits per heavy atom. The van der Waals surface area contributed by atoms with Gasteiger partial charge in [-0.25, -0.2) is 14.5 Å². The molecule has 2 aliphatic rings. The van der Waals surface area contributed by atoms with Gasteiger partial charge in [0.15, 0.2) is 5.69 Å². The summed E-state index contributed by atoms with van der Waals surface area (Å²) in [6.07, 6.45) is 6.08. The van der Waals surface area contributed by atoms with Crippen molar-refractivity contribution in [3.8, 4) is 17.3 Å². The lowest BCUT2D eigenvalue weighted by molar-refractivity contribution is 0.0728. The number of piperazine rings is 1. The van der Waals surface area contributed by atoms with Crippen LogP contribution in [0.5, 0.6) is 5.88 Å². The molecule has 6 rings (SSSR count). The van der Waals surface area contributed by atoms with E-state index in [1.165, 1.54) is 12.8 Å². The van der Waals surface area contributed by atoms with Crippen LogP contribution in [0.15, 0.2) is 30.6 Å². The predicted octanol–water partition coefficient (Wildman–Crippen LogP) is 2.52. The standard InChI is InChI=1S/C24H27N7O2/c1-15-20(19-12-17-4-3-7-26-22(17)30(19)13-16-5-6-16)28-31-14-18(27-23(33-2)21(15)31)24(32)29-10-8-25-9-11-29/h3-4,7,12,14,16,25H,5-6,8-11,13H2,1-2H3. The first-order chi connectivity index (χ1) is 16.1. The van der Waals surface area contributed by atoms with Gasteiger partial charge in [-0.2, -0.15) is 5.10 Å². The maximum absolute atomic E-state index is 13.1. The first-order valence-corrected chi connectivity index (χ1v) is 11.5. The Balaban J connectivity index is 1.49. The number of amides is 1. The molecule has 0 radical (unpaired) electrons. The lowest BCUT2D eigenvalue weighted by Gasteiger charge is -2.27. The van der Waals surface area contributed by atoms with E-state index in [1.807, 2.05) is 24.1 Å². The van der Waals surface area contributed by atoms with Crippen LogP contribution in [-0.4, -0.2) is 68.2 Å². The van der Waals surface area contributed by atoms with Gasteiger partial charge in [0.25, 0.3) is 5.91 Å². The van der Waals surface area contributed by atoms with E-state index in [1.54, 1.807) is 17.8 Å². The number of aromatic nitrogens is 5. The van der Waals surface area contributed by atoms with Gasteiger partial charge in [0.2, 0.25) is 5.88 Å². The second-order valence-electron chi connectivity index (χ2n) is 8.94. The molecule has 0 bridgehead atoms. The molecule has 0 aromatic carbocycles. The van der Waals surface area contributed by atoms with Gasteiger partial charge in [-0.1, -0.05) is 0 Å². The van der Waals surface area contributed by atoms with Crippen LogP contribution in [0.25, 0.3) is 27.9 Å². The van der Waals surface area contributed by atoms with E-state index in [-0.39, 0.29) is 5.91 Å². The zero-order chi connectivity index (χ0) is 22.5. The molecule has 1 amide bonds. The summed E-state index contributed by atoms with van der Waals surface area (Å²) < 4.78 is 9.66. The molecule has 1 aliphatic carbocycles. The van der Waals surface area contributed by atoms with Crippen LogP contribution in [0.3, 0.4) is 0 Å².